The number of halogens is 6. The topological polar surface area (TPSA) is 96.4 Å². The highest BCUT2D eigenvalue weighted by molar-refractivity contribution is 6.07. The number of benzene rings is 5. The number of aromatic nitrogens is 1. The van der Waals surface area contributed by atoms with Gasteiger partial charge < -0.3 is 23.7 Å². The number of nitrogens with zero attached hydrogens (tertiary/aromatic N) is 2. The van der Waals surface area contributed by atoms with Gasteiger partial charge in [-0.05, 0) is 113 Å². The van der Waals surface area contributed by atoms with Crippen LogP contribution in [0.2, 0.25) is 0 Å². The van der Waals surface area contributed by atoms with E-state index in [1.54, 1.807) is 36.4 Å². The Morgan fingerprint density at radius 2 is 1.08 bits per heavy atom. The van der Waals surface area contributed by atoms with E-state index in [2.05, 4.69) is 35.2 Å². The minimum absolute atomic E-state index is 0.0265. The number of amides is 1. The van der Waals surface area contributed by atoms with Crippen LogP contribution in [0.4, 0.5) is 32.0 Å². The van der Waals surface area contributed by atoms with Crippen molar-refractivity contribution in [1.82, 2.24) is 4.98 Å². The lowest BCUT2D eigenvalue weighted by atomic mass is 9.87. The van der Waals surface area contributed by atoms with E-state index in [1.807, 2.05) is 24.3 Å². The van der Waals surface area contributed by atoms with Gasteiger partial charge in [-0.25, -0.2) is 0 Å². The normalized spacial score (nSPS) is 12.4. The molecule has 6 rings (SSSR count). The number of carbonyl (C=O) groups is 2. The molecule has 9 nitrogen and oxygen atoms in total. The van der Waals surface area contributed by atoms with E-state index in [-0.39, 0.29) is 28.3 Å². The number of rotatable bonds is 12. The Hall–Kier alpha value is -6.77. The van der Waals surface area contributed by atoms with Crippen LogP contribution in [0.15, 0.2) is 128 Å². The predicted octanol–water partition coefficient (Wildman–Crippen LogP) is 11.9. The van der Waals surface area contributed by atoms with Crippen LogP contribution in [0, 0.1) is 0 Å². The number of pyridine rings is 1. The molecule has 15 heteroatoms. The first kappa shape index (κ1) is 41.9. The zero-order chi connectivity index (χ0) is 42.5. The first-order valence-electron chi connectivity index (χ1n) is 17.9. The van der Waals surface area contributed by atoms with Crippen LogP contribution in [0.25, 0.3) is 10.8 Å². The summed E-state index contributed by atoms with van der Waals surface area (Å²) in [6.07, 6.45) is -8.74. The molecule has 1 heterocycles. The molecule has 0 fully saturated rings. The molecule has 0 aliphatic carbocycles. The smallest absolute Gasteiger partial charge is 0.469 e. The molecule has 5 aromatic carbocycles. The number of alkyl halides is 6. The molecule has 0 aliphatic heterocycles. The van der Waals surface area contributed by atoms with Gasteiger partial charge in [0.2, 0.25) is 0 Å². The summed E-state index contributed by atoms with van der Waals surface area (Å²) in [4.78, 5) is 33.1. The fraction of sp³-hybridized carbons (Fsp3) is 0.205. The monoisotopic (exact) mass is 818 g/mol. The number of carbonyl (C=O) groups excluding carboxylic acids is 2. The fourth-order valence-electron chi connectivity index (χ4n) is 6.03. The number of methoxy groups -OCH3 is 1. The van der Waals surface area contributed by atoms with Crippen molar-refractivity contribution in [2.45, 2.75) is 51.4 Å². The molecule has 1 aromatic heterocycles. The number of hydrogen-bond acceptors (Lipinski definition) is 8. The highest BCUT2D eigenvalue weighted by Crippen LogP contribution is 2.36. The van der Waals surface area contributed by atoms with Crippen molar-refractivity contribution in [1.29, 1.82) is 0 Å². The van der Waals surface area contributed by atoms with Crippen molar-refractivity contribution >= 4 is 28.3 Å². The molecule has 0 radical (unpaired) electrons. The zero-order valence-electron chi connectivity index (χ0n) is 31.9. The summed E-state index contributed by atoms with van der Waals surface area (Å²) in [5, 5.41) is 1.27. The Kier molecular flexibility index (Phi) is 12.1. The highest BCUT2D eigenvalue weighted by Gasteiger charge is 2.34. The third-order valence-corrected chi connectivity index (χ3v) is 8.89. The van der Waals surface area contributed by atoms with E-state index in [1.165, 1.54) is 54.6 Å². The molecule has 0 saturated carbocycles. The number of hydrogen-bond donors (Lipinski definition) is 0. The molecule has 1 atom stereocenters. The minimum Gasteiger partial charge on any atom is -0.469 e. The first-order chi connectivity index (χ1) is 27.8. The number of anilines is 1. The summed E-state index contributed by atoms with van der Waals surface area (Å²) in [6, 6.07) is 28.8. The van der Waals surface area contributed by atoms with Crippen molar-refractivity contribution in [3.8, 4) is 34.5 Å². The van der Waals surface area contributed by atoms with Gasteiger partial charge in [-0.3, -0.25) is 19.5 Å². The quantitative estimate of drug-likeness (QED) is 0.0890. The van der Waals surface area contributed by atoms with Crippen LogP contribution in [-0.2, 0) is 14.9 Å². The van der Waals surface area contributed by atoms with Gasteiger partial charge in [-0.15, -0.1) is 26.3 Å². The maximum atomic E-state index is 14.6. The first-order valence-corrected chi connectivity index (χ1v) is 17.9. The van der Waals surface area contributed by atoms with Crippen molar-refractivity contribution in [2.75, 3.05) is 12.0 Å². The number of esters is 1. The summed E-state index contributed by atoms with van der Waals surface area (Å²) in [5.74, 6) is -0.789. The Labute approximate surface area is 334 Å². The van der Waals surface area contributed by atoms with Gasteiger partial charge >= 0.3 is 18.7 Å². The van der Waals surface area contributed by atoms with E-state index < -0.39 is 48.6 Å². The molecule has 0 bridgehead atoms. The molecule has 306 valence electrons. The van der Waals surface area contributed by atoms with Gasteiger partial charge in [0, 0.05) is 17.3 Å². The molecule has 1 unspecified atom stereocenters. The second-order valence-electron chi connectivity index (χ2n) is 14.2. The molecular weight excluding hydrogens is 782 g/mol. The van der Waals surface area contributed by atoms with E-state index >= 15 is 0 Å². The van der Waals surface area contributed by atoms with Crippen LogP contribution in [-0.4, -0.2) is 36.7 Å². The van der Waals surface area contributed by atoms with Crippen LogP contribution in [0.5, 0.6) is 34.5 Å². The number of ether oxygens (including phenoxy) is 5. The van der Waals surface area contributed by atoms with Crippen molar-refractivity contribution in [2.24, 2.45) is 0 Å². The fourth-order valence-corrected chi connectivity index (χ4v) is 6.03. The van der Waals surface area contributed by atoms with E-state index in [0.29, 0.717) is 27.8 Å². The lowest BCUT2D eigenvalue weighted by molar-refractivity contribution is -0.275. The van der Waals surface area contributed by atoms with Gasteiger partial charge in [0.1, 0.15) is 40.2 Å². The average molecular weight is 819 g/mol. The molecule has 1 amide bonds. The van der Waals surface area contributed by atoms with Crippen molar-refractivity contribution < 1.29 is 59.6 Å². The van der Waals surface area contributed by atoms with Gasteiger partial charge in [0.15, 0.2) is 0 Å². The largest absolute Gasteiger partial charge is 0.573 e. The van der Waals surface area contributed by atoms with Gasteiger partial charge in [-0.1, -0.05) is 51.1 Å². The molecule has 0 N–H and O–H groups in total. The summed E-state index contributed by atoms with van der Waals surface area (Å²) >= 11 is 0. The Bertz CT molecular complexity index is 2400. The van der Waals surface area contributed by atoms with Crippen molar-refractivity contribution in [3.05, 3.63) is 144 Å². The second kappa shape index (κ2) is 17.0. The summed E-state index contributed by atoms with van der Waals surface area (Å²) in [5.41, 5.74) is 1.56. The predicted molar refractivity (Wildman–Crippen MR) is 206 cm³/mol. The van der Waals surface area contributed by atoms with E-state index in [4.69, 9.17) is 14.2 Å². The van der Waals surface area contributed by atoms with Gasteiger partial charge in [-0.2, -0.15) is 0 Å². The number of fused-ring (bicyclic) bond motifs is 1. The molecule has 59 heavy (non-hydrogen) atoms. The maximum absolute atomic E-state index is 14.6. The van der Waals surface area contributed by atoms with Gasteiger partial charge in [0.05, 0.1) is 19.6 Å². The standard InChI is InChI=1S/C44H36F6N2O7/c1-42(2,3)30-8-15-33(16-9-30)57-37-14-7-28-24-38(51-26-29(28)23-37)41(54)52(31-10-17-35(18-11-31)58-43(45,46)47)39(25-40(53)55-4)27-5-12-32(13-6-27)56-34-19-21-36(22-20-34)59-44(48,49)50/h5-24,26,39H,25H2,1-4H3. The lowest BCUT2D eigenvalue weighted by Crippen LogP contribution is -2.37. The third kappa shape index (κ3) is 11.2. The molecule has 6 aromatic rings. The van der Waals surface area contributed by atoms with E-state index in [0.717, 1.165) is 29.8 Å². The summed E-state index contributed by atoms with van der Waals surface area (Å²) in [7, 11) is 1.17. The Morgan fingerprint density at radius 3 is 1.61 bits per heavy atom. The SMILES string of the molecule is COC(=O)CC(c1ccc(Oc2ccc(OC(F)(F)F)cc2)cc1)N(C(=O)c1cc2ccc(Oc3ccc(C(C)(C)C)cc3)cc2cn1)c1ccc(OC(F)(F)F)cc1. The van der Waals surface area contributed by atoms with Crippen LogP contribution in [0.1, 0.15) is 54.8 Å². The van der Waals surface area contributed by atoms with E-state index in [9.17, 15) is 35.9 Å². The third-order valence-electron chi connectivity index (χ3n) is 8.89. The molecule has 0 spiro atoms. The Morgan fingerprint density at radius 1 is 0.610 bits per heavy atom. The Balaban J connectivity index is 1.32. The average Bonchev–Trinajstić information content (AvgIpc) is 3.17. The molecular formula is C44H36F6N2O7. The van der Waals surface area contributed by atoms with Crippen LogP contribution in [0.3, 0.4) is 0 Å². The van der Waals surface area contributed by atoms with Crippen LogP contribution < -0.4 is 23.8 Å². The summed E-state index contributed by atoms with van der Waals surface area (Å²) < 4.78 is 102. The summed E-state index contributed by atoms with van der Waals surface area (Å²) in [6.45, 7) is 6.34. The molecule has 0 aliphatic rings. The second-order valence-corrected chi connectivity index (χ2v) is 14.2. The van der Waals surface area contributed by atoms with Gasteiger partial charge in [0.25, 0.3) is 5.91 Å². The zero-order valence-corrected chi connectivity index (χ0v) is 31.9. The van der Waals surface area contributed by atoms with Crippen LogP contribution >= 0.6 is 0 Å². The highest BCUT2D eigenvalue weighted by atomic mass is 19.4. The minimum atomic E-state index is -4.97. The molecule has 0 saturated heterocycles. The maximum Gasteiger partial charge on any atom is 0.573 e. The lowest BCUT2D eigenvalue weighted by Gasteiger charge is -2.32. The van der Waals surface area contributed by atoms with Crippen molar-refractivity contribution in [3.63, 3.8) is 0 Å².